The van der Waals surface area contributed by atoms with Gasteiger partial charge >= 0.3 is 12.0 Å². The van der Waals surface area contributed by atoms with E-state index in [0.717, 1.165) is 22.7 Å². The van der Waals surface area contributed by atoms with Crippen LogP contribution in [0.1, 0.15) is 35.3 Å². The number of rotatable bonds is 7. The second kappa shape index (κ2) is 8.87. The number of amides is 2. The quantitative estimate of drug-likeness (QED) is 0.627. The minimum atomic E-state index is -1.10. The molecular weight excluding hydrogens is 358 g/mol. The summed E-state index contributed by atoms with van der Waals surface area (Å²) in [7, 11) is 0. The molecule has 0 aliphatic heterocycles. The van der Waals surface area contributed by atoms with Crippen LogP contribution in [-0.2, 0) is 5.75 Å². The first-order valence-electron chi connectivity index (χ1n) is 7.83. The highest BCUT2D eigenvalue weighted by molar-refractivity contribution is 7.98. The number of urea groups is 1. The molecule has 25 heavy (non-hydrogen) atoms. The van der Waals surface area contributed by atoms with Crippen molar-refractivity contribution >= 4 is 40.3 Å². The molecule has 6 nitrogen and oxygen atoms in total. The lowest BCUT2D eigenvalue weighted by atomic mass is 10.2. The molecule has 0 bridgehead atoms. The normalized spacial score (nSPS) is 10.7. The van der Waals surface area contributed by atoms with Crippen molar-refractivity contribution < 1.29 is 14.7 Å². The highest BCUT2D eigenvalue weighted by Gasteiger charge is 2.22. The second-order valence-electron chi connectivity index (χ2n) is 6.00. The summed E-state index contributed by atoms with van der Waals surface area (Å²) in [6.45, 7) is 6.49. The van der Waals surface area contributed by atoms with E-state index in [9.17, 15) is 14.7 Å². The van der Waals surface area contributed by atoms with Crippen molar-refractivity contribution in [2.75, 3.05) is 11.9 Å². The van der Waals surface area contributed by atoms with E-state index in [2.05, 4.69) is 21.1 Å². The first-order chi connectivity index (χ1) is 11.9. The molecule has 2 aromatic rings. The van der Waals surface area contributed by atoms with Gasteiger partial charge in [0.15, 0.2) is 0 Å². The first kappa shape index (κ1) is 19.3. The molecule has 0 radical (unpaired) electrons. The largest absolute Gasteiger partial charge is 0.477 e. The van der Waals surface area contributed by atoms with Crippen LogP contribution in [0.3, 0.4) is 0 Å². The summed E-state index contributed by atoms with van der Waals surface area (Å²) >= 11 is 2.33. The predicted octanol–water partition coefficient (Wildman–Crippen LogP) is 4.22. The third-order valence-electron chi connectivity index (χ3n) is 3.23. The van der Waals surface area contributed by atoms with Gasteiger partial charge in [0.25, 0.3) is 0 Å². The fraction of sp³-hybridized carbons (Fsp3) is 0.353. The van der Waals surface area contributed by atoms with Gasteiger partial charge in [-0.1, -0.05) is 55.4 Å². The number of anilines is 1. The number of nitrogens with one attached hydrogen (secondary N) is 2. The predicted molar refractivity (Wildman–Crippen MR) is 102 cm³/mol. The van der Waals surface area contributed by atoms with Crippen LogP contribution in [-0.4, -0.2) is 28.0 Å². The zero-order valence-electron chi connectivity index (χ0n) is 14.3. The average molecular weight is 380 g/mol. The molecule has 8 heteroatoms. The SMILES string of the molecule is Cc1cccc(CSc2nsc(NC(=O)NCC(C)C)c2C(=O)O)c1. The molecule has 2 rings (SSSR count). The van der Waals surface area contributed by atoms with Gasteiger partial charge in [-0.15, -0.1) is 0 Å². The van der Waals surface area contributed by atoms with Gasteiger partial charge in [-0.2, -0.15) is 4.37 Å². The molecule has 3 N–H and O–H groups in total. The lowest BCUT2D eigenvalue weighted by molar-refractivity contribution is 0.0694. The van der Waals surface area contributed by atoms with E-state index >= 15 is 0 Å². The molecule has 0 fully saturated rings. The Hall–Kier alpha value is -2.06. The summed E-state index contributed by atoms with van der Waals surface area (Å²) in [6, 6.07) is 7.60. The van der Waals surface area contributed by atoms with Crippen LogP contribution < -0.4 is 10.6 Å². The smallest absolute Gasteiger partial charge is 0.341 e. The Bertz CT molecular complexity index is 759. The Morgan fingerprint density at radius 1 is 1.36 bits per heavy atom. The lowest BCUT2D eigenvalue weighted by Gasteiger charge is -2.08. The van der Waals surface area contributed by atoms with Gasteiger partial charge < -0.3 is 10.4 Å². The van der Waals surface area contributed by atoms with Crippen molar-refractivity contribution in [1.82, 2.24) is 9.69 Å². The number of aryl methyl sites for hydroxylation is 1. The summed E-state index contributed by atoms with van der Waals surface area (Å²) in [5.41, 5.74) is 2.29. The van der Waals surface area contributed by atoms with E-state index in [0.29, 0.717) is 23.2 Å². The Labute approximate surface area is 155 Å². The standard InChI is InChI=1S/C17H21N3O3S2/c1-10(2)8-18-17(23)19-14-13(16(21)22)15(20-25-14)24-9-12-6-4-5-11(3)7-12/h4-7,10H,8-9H2,1-3H3,(H,21,22)(H2,18,19,23). The van der Waals surface area contributed by atoms with E-state index in [1.165, 1.54) is 11.8 Å². The van der Waals surface area contributed by atoms with Crippen molar-refractivity contribution in [3.63, 3.8) is 0 Å². The van der Waals surface area contributed by atoms with E-state index < -0.39 is 12.0 Å². The third-order valence-corrected chi connectivity index (χ3v) is 5.16. The lowest BCUT2D eigenvalue weighted by Crippen LogP contribution is -2.31. The maximum Gasteiger partial charge on any atom is 0.341 e. The maximum absolute atomic E-state index is 11.9. The van der Waals surface area contributed by atoms with Gasteiger partial charge in [0, 0.05) is 12.3 Å². The minimum absolute atomic E-state index is 0.0438. The summed E-state index contributed by atoms with van der Waals surface area (Å²) in [4.78, 5) is 23.5. The summed E-state index contributed by atoms with van der Waals surface area (Å²) in [5, 5.41) is 15.4. The fourth-order valence-corrected chi connectivity index (χ4v) is 3.93. The van der Waals surface area contributed by atoms with Crippen LogP contribution in [0.4, 0.5) is 9.80 Å². The monoisotopic (exact) mass is 379 g/mol. The Morgan fingerprint density at radius 2 is 2.12 bits per heavy atom. The van der Waals surface area contributed by atoms with E-state index in [-0.39, 0.29) is 10.6 Å². The Morgan fingerprint density at radius 3 is 2.76 bits per heavy atom. The summed E-state index contributed by atoms with van der Waals surface area (Å²) in [6.07, 6.45) is 0. The van der Waals surface area contributed by atoms with Crippen molar-refractivity contribution in [3.8, 4) is 0 Å². The molecule has 0 saturated carbocycles. The molecule has 134 valence electrons. The highest BCUT2D eigenvalue weighted by Crippen LogP contribution is 2.33. The molecule has 0 aliphatic rings. The van der Waals surface area contributed by atoms with Crippen molar-refractivity contribution in [2.24, 2.45) is 5.92 Å². The van der Waals surface area contributed by atoms with E-state index in [4.69, 9.17) is 0 Å². The zero-order valence-corrected chi connectivity index (χ0v) is 16.0. The zero-order chi connectivity index (χ0) is 18.4. The molecule has 2 amide bonds. The van der Waals surface area contributed by atoms with Crippen molar-refractivity contribution in [1.29, 1.82) is 0 Å². The highest BCUT2D eigenvalue weighted by atomic mass is 32.2. The molecule has 0 atom stereocenters. The number of thioether (sulfide) groups is 1. The van der Waals surface area contributed by atoms with Gasteiger partial charge in [-0.05, 0) is 29.9 Å². The number of carboxylic acids is 1. The number of hydrogen-bond acceptors (Lipinski definition) is 5. The molecule has 1 heterocycles. The first-order valence-corrected chi connectivity index (χ1v) is 9.59. The number of benzene rings is 1. The Balaban J connectivity index is 2.08. The topological polar surface area (TPSA) is 91.3 Å². The van der Waals surface area contributed by atoms with E-state index in [1.807, 2.05) is 39.0 Å². The fourth-order valence-electron chi connectivity index (χ4n) is 2.05. The number of nitrogens with zero attached hydrogens (tertiary/aromatic N) is 1. The third kappa shape index (κ3) is 5.75. The van der Waals surface area contributed by atoms with Gasteiger partial charge in [-0.3, -0.25) is 5.32 Å². The molecular formula is C17H21N3O3S2. The molecule has 0 aliphatic carbocycles. The van der Waals surface area contributed by atoms with Crippen LogP contribution in [0.2, 0.25) is 0 Å². The van der Waals surface area contributed by atoms with Gasteiger partial charge in [0.1, 0.15) is 15.6 Å². The van der Waals surface area contributed by atoms with Crippen molar-refractivity contribution in [2.45, 2.75) is 31.6 Å². The van der Waals surface area contributed by atoms with Crippen LogP contribution in [0.25, 0.3) is 0 Å². The molecule has 0 saturated heterocycles. The number of aromatic nitrogens is 1. The number of hydrogen-bond donors (Lipinski definition) is 3. The summed E-state index contributed by atoms with van der Waals surface area (Å²) < 4.78 is 4.20. The molecule has 0 spiro atoms. The average Bonchev–Trinajstić information content (AvgIpc) is 2.94. The summed E-state index contributed by atoms with van der Waals surface area (Å²) in [5.74, 6) is -0.170. The minimum Gasteiger partial charge on any atom is -0.477 e. The number of aromatic carboxylic acids is 1. The second-order valence-corrected chi connectivity index (χ2v) is 7.74. The number of carboxylic acid groups (broad SMARTS) is 1. The number of carbonyl (C=O) groups excluding carboxylic acids is 1. The van der Waals surface area contributed by atoms with E-state index in [1.54, 1.807) is 0 Å². The van der Waals surface area contributed by atoms with Crippen LogP contribution >= 0.6 is 23.3 Å². The van der Waals surface area contributed by atoms with Crippen LogP contribution in [0.5, 0.6) is 0 Å². The van der Waals surface area contributed by atoms with Crippen LogP contribution in [0.15, 0.2) is 29.3 Å². The molecule has 1 aromatic carbocycles. The van der Waals surface area contributed by atoms with Gasteiger partial charge in [0.2, 0.25) is 0 Å². The molecule has 0 unspecified atom stereocenters. The maximum atomic E-state index is 11.9. The van der Waals surface area contributed by atoms with Gasteiger partial charge in [-0.25, -0.2) is 9.59 Å². The van der Waals surface area contributed by atoms with Gasteiger partial charge in [0.05, 0.1) is 0 Å². The molecule has 1 aromatic heterocycles. The Kier molecular flexibility index (Phi) is 6.83. The number of carbonyl (C=O) groups is 2. The van der Waals surface area contributed by atoms with Crippen molar-refractivity contribution in [3.05, 3.63) is 41.0 Å². The van der Waals surface area contributed by atoms with Crippen LogP contribution in [0, 0.1) is 12.8 Å².